The average Bonchev–Trinajstić information content (AvgIpc) is 2.18. The van der Waals surface area contributed by atoms with Crippen molar-refractivity contribution in [1.29, 1.82) is 0 Å². The number of carbonyl (C=O) groups excluding carboxylic acids is 1. The van der Waals surface area contributed by atoms with Gasteiger partial charge >= 0.3 is 0 Å². The third kappa shape index (κ3) is 2.63. The maximum absolute atomic E-state index is 13.8. The summed E-state index contributed by atoms with van der Waals surface area (Å²) in [6.07, 6.45) is 2.89. The van der Waals surface area contributed by atoms with Crippen molar-refractivity contribution in [3.8, 4) is 0 Å². The van der Waals surface area contributed by atoms with Crippen LogP contribution in [0.2, 0.25) is 0 Å². The summed E-state index contributed by atoms with van der Waals surface area (Å²) in [7, 11) is 0. The lowest BCUT2D eigenvalue weighted by molar-refractivity contribution is -0.116. The fraction of sp³-hybridized carbons (Fsp3) is 0.400. The molecule has 1 aliphatic carbocycles. The molecule has 0 spiro atoms. The molecule has 0 N–H and O–H groups in total. The summed E-state index contributed by atoms with van der Waals surface area (Å²) < 4.78 is 13.8. The first-order chi connectivity index (χ1) is 7.87. The van der Waals surface area contributed by atoms with Crippen LogP contribution in [0.15, 0.2) is 24.3 Å². The number of rotatable bonds is 1. The summed E-state index contributed by atoms with van der Waals surface area (Å²) in [5.41, 5.74) is 2.34. The molecule has 0 aliphatic heterocycles. The Morgan fingerprint density at radius 3 is 2.59 bits per heavy atom. The van der Waals surface area contributed by atoms with Gasteiger partial charge in [0.05, 0.1) is 0 Å². The van der Waals surface area contributed by atoms with E-state index in [1.54, 1.807) is 12.1 Å². The molecule has 0 radical (unpaired) electrons. The Balaban J connectivity index is 2.46. The maximum Gasteiger partial charge on any atom is 0.156 e. The van der Waals surface area contributed by atoms with Crippen LogP contribution in [0.1, 0.15) is 37.8 Å². The second-order valence-corrected chi connectivity index (χ2v) is 5.64. The molecule has 2 rings (SSSR count). The van der Waals surface area contributed by atoms with E-state index >= 15 is 0 Å². The normalized spacial score (nSPS) is 19.1. The molecule has 1 nitrogen and oxygen atoms in total. The van der Waals surface area contributed by atoms with Gasteiger partial charge in [-0.25, -0.2) is 4.39 Å². The van der Waals surface area contributed by atoms with Gasteiger partial charge in [0, 0.05) is 12.0 Å². The first-order valence-electron chi connectivity index (χ1n) is 5.87. The second kappa shape index (κ2) is 4.10. The van der Waals surface area contributed by atoms with Crippen LogP contribution in [0.25, 0.3) is 5.57 Å². The van der Waals surface area contributed by atoms with E-state index in [1.165, 1.54) is 6.07 Å². The van der Waals surface area contributed by atoms with Gasteiger partial charge in [-0.05, 0) is 42.5 Å². The molecule has 90 valence electrons. The fourth-order valence-electron chi connectivity index (χ4n) is 2.40. The van der Waals surface area contributed by atoms with Crippen LogP contribution in [0.5, 0.6) is 0 Å². The SMILES string of the molecule is Cc1ccc(F)c(C2=CC(=O)CC(C)(C)C2)c1. The molecule has 0 atom stereocenters. The van der Waals surface area contributed by atoms with E-state index in [1.807, 2.05) is 26.8 Å². The molecule has 0 fully saturated rings. The van der Waals surface area contributed by atoms with Gasteiger partial charge < -0.3 is 0 Å². The van der Waals surface area contributed by atoms with E-state index < -0.39 is 0 Å². The van der Waals surface area contributed by atoms with Crippen molar-refractivity contribution in [3.63, 3.8) is 0 Å². The van der Waals surface area contributed by atoms with E-state index in [-0.39, 0.29) is 17.0 Å². The number of ketones is 1. The molecule has 2 heteroatoms. The average molecular weight is 232 g/mol. The Morgan fingerprint density at radius 1 is 1.24 bits per heavy atom. The van der Waals surface area contributed by atoms with Crippen LogP contribution in [-0.4, -0.2) is 5.78 Å². The summed E-state index contributed by atoms with van der Waals surface area (Å²) in [6.45, 7) is 6.02. The van der Waals surface area contributed by atoms with Gasteiger partial charge in [0.2, 0.25) is 0 Å². The quantitative estimate of drug-likeness (QED) is 0.717. The summed E-state index contributed by atoms with van der Waals surface area (Å²) in [5, 5.41) is 0. The van der Waals surface area contributed by atoms with Crippen LogP contribution in [-0.2, 0) is 4.79 Å². The van der Waals surface area contributed by atoms with E-state index in [4.69, 9.17) is 0 Å². The van der Waals surface area contributed by atoms with Crippen molar-refractivity contribution in [2.45, 2.75) is 33.6 Å². The molecule has 0 saturated heterocycles. The number of hydrogen-bond acceptors (Lipinski definition) is 1. The molecule has 0 heterocycles. The highest BCUT2D eigenvalue weighted by molar-refractivity contribution is 5.99. The molecular weight excluding hydrogens is 215 g/mol. The molecule has 1 aromatic carbocycles. The highest BCUT2D eigenvalue weighted by Crippen LogP contribution is 2.38. The largest absolute Gasteiger partial charge is 0.295 e. The van der Waals surface area contributed by atoms with Crippen molar-refractivity contribution in [2.75, 3.05) is 0 Å². The van der Waals surface area contributed by atoms with E-state index in [0.29, 0.717) is 12.0 Å². The van der Waals surface area contributed by atoms with Crippen molar-refractivity contribution >= 4 is 11.4 Å². The molecular formula is C15H17FO. The van der Waals surface area contributed by atoms with E-state index in [0.717, 1.165) is 17.6 Å². The second-order valence-electron chi connectivity index (χ2n) is 5.64. The van der Waals surface area contributed by atoms with Crippen molar-refractivity contribution in [1.82, 2.24) is 0 Å². The zero-order valence-corrected chi connectivity index (χ0v) is 10.5. The summed E-state index contributed by atoms with van der Waals surface area (Å²) in [6, 6.07) is 5.03. The Bertz CT molecular complexity index is 498. The zero-order valence-electron chi connectivity index (χ0n) is 10.5. The van der Waals surface area contributed by atoms with Crippen molar-refractivity contribution in [3.05, 3.63) is 41.2 Å². The summed E-state index contributed by atoms with van der Waals surface area (Å²) >= 11 is 0. The zero-order chi connectivity index (χ0) is 12.6. The van der Waals surface area contributed by atoms with Gasteiger partial charge in [0.15, 0.2) is 5.78 Å². The summed E-state index contributed by atoms with van der Waals surface area (Å²) in [5.74, 6) is -0.149. The summed E-state index contributed by atoms with van der Waals surface area (Å²) in [4.78, 5) is 11.7. The van der Waals surface area contributed by atoms with Gasteiger partial charge in [-0.2, -0.15) is 0 Å². The van der Waals surface area contributed by atoms with Gasteiger partial charge in [0.25, 0.3) is 0 Å². The molecule has 17 heavy (non-hydrogen) atoms. The lowest BCUT2D eigenvalue weighted by atomic mass is 9.75. The molecule has 0 saturated carbocycles. The van der Waals surface area contributed by atoms with Crippen LogP contribution in [0.4, 0.5) is 4.39 Å². The number of aryl methyl sites for hydroxylation is 1. The smallest absolute Gasteiger partial charge is 0.156 e. The molecule has 0 aromatic heterocycles. The lowest BCUT2D eigenvalue weighted by Gasteiger charge is -2.29. The Kier molecular flexibility index (Phi) is 2.90. The third-order valence-electron chi connectivity index (χ3n) is 3.12. The Hall–Kier alpha value is -1.44. The standard InChI is InChI=1S/C15H17FO/c1-10-4-5-14(16)13(6-10)11-7-12(17)9-15(2,3)8-11/h4-7H,8-9H2,1-3H3. The van der Waals surface area contributed by atoms with Crippen molar-refractivity contribution < 1.29 is 9.18 Å². The molecule has 1 aromatic rings. The van der Waals surface area contributed by atoms with Gasteiger partial charge in [-0.3, -0.25) is 4.79 Å². The molecule has 0 bridgehead atoms. The van der Waals surface area contributed by atoms with E-state index in [9.17, 15) is 9.18 Å². The predicted octanol–water partition coefficient (Wildman–Crippen LogP) is 3.91. The Morgan fingerprint density at radius 2 is 1.94 bits per heavy atom. The van der Waals surface area contributed by atoms with Crippen LogP contribution >= 0.6 is 0 Å². The predicted molar refractivity (Wildman–Crippen MR) is 67.1 cm³/mol. The Labute approximate surface area is 101 Å². The number of carbonyl (C=O) groups is 1. The van der Waals surface area contributed by atoms with Crippen LogP contribution in [0, 0.1) is 18.2 Å². The van der Waals surface area contributed by atoms with Crippen LogP contribution < -0.4 is 0 Å². The highest BCUT2D eigenvalue weighted by Gasteiger charge is 2.28. The first-order valence-corrected chi connectivity index (χ1v) is 5.87. The molecule has 1 aliphatic rings. The minimum absolute atomic E-state index is 0.0721. The minimum atomic E-state index is -0.243. The minimum Gasteiger partial charge on any atom is -0.295 e. The van der Waals surface area contributed by atoms with Gasteiger partial charge in [-0.1, -0.05) is 25.5 Å². The topological polar surface area (TPSA) is 17.1 Å². The first kappa shape index (κ1) is 12.0. The highest BCUT2D eigenvalue weighted by atomic mass is 19.1. The van der Waals surface area contributed by atoms with E-state index in [2.05, 4.69) is 0 Å². The van der Waals surface area contributed by atoms with Gasteiger partial charge in [0.1, 0.15) is 5.82 Å². The molecule has 0 unspecified atom stereocenters. The molecule has 0 amide bonds. The number of halogens is 1. The lowest BCUT2D eigenvalue weighted by Crippen LogP contribution is -2.21. The third-order valence-corrected chi connectivity index (χ3v) is 3.12. The fourth-order valence-corrected chi connectivity index (χ4v) is 2.40. The number of benzene rings is 1. The monoisotopic (exact) mass is 232 g/mol. The maximum atomic E-state index is 13.8. The number of hydrogen-bond donors (Lipinski definition) is 0. The number of allylic oxidation sites excluding steroid dienone is 2. The van der Waals surface area contributed by atoms with Crippen LogP contribution in [0.3, 0.4) is 0 Å². The van der Waals surface area contributed by atoms with Crippen molar-refractivity contribution in [2.24, 2.45) is 5.41 Å². The van der Waals surface area contributed by atoms with Gasteiger partial charge in [-0.15, -0.1) is 0 Å².